The lowest BCUT2D eigenvalue weighted by molar-refractivity contribution is 0.227. The van der Waals surface area contributed by atoms with Gasteiger partial charge in [-0.25, -0.2) is 0 Å². The van der Waals surface area contributed by atoms with Crippen LogP contribution < -0.4 is 4.74 Å². The minimum absolute atomic E-state index is 0.218. The van der Waals surface area contributed by atoms with Gasteiger partial charge in [-0.1, -0.05) is 12.1 Å². The van der Waals surface area contributed by atoms with Crippen LogP contribution in [0.4, 0.5) is 0 Å². The van der Waals surface area contributed by atoms with Gasteiger partial charge in [0.2, 0.25) is 0 Å². The molecule has 1 aromatic carbocycles. The molecule has 0 spiro atoms. The summed E-state index contributed by atoms with van der Waals surface area (Å²) >= 11 is 0. The number of rotatable bonds is 4. The van der Waals surface area contributed by atoms with Gasteiger partial charge in [0, 0.05) is 0 Å². The Bertz CT molecular complexity index is 239. The zero-order chi connectivity index (χ0) is 9.68. The van der Waals surface area contributed by atoms with Gasteiger partial charge in [-0.3, -0.25) is 0 Å². The lowest BCUT2D eigenvalue weighted by atomic mass is 10.2. The van der Waals surface area contributed by atoms with Crippen LogP contribution in [0.1, 0.15) is 19.4 Å². The summed E-state index contributed by atoms with van der Waals surface area (Å²) in [5.74, 6) is 0.891. The van der Waals surface area contributed by atoms with Gasteiger partial charge < -0.3 is 9.47 Å². The lowest BCUT2D eigenvalue weighted by Crippen LogP contribution is -2.05. The number of benzene rings is 1. The molecule has 1 rings (SSSR count). The zero-order valence-corrected chi connectivity index (χ0v) is 8.12. The summed E-state index contributed by atoms with van der Waals surface area (Å²) in [4.78, 5) is 0. The molecule has 71 valence electrons. The third kappa shape index (κ3) is 3.47. The molecular formula is C11H15O2. The smallest absolute Gasteiger partial charge is 0.119 e. The minimum Gasteiger partial charge on any atom is -0.491 e. The molecule has 0 bridgehead atoms. The zero-order valence-electron chi connectivity index (χ0n) is 8.12. The highest BCUT2D eigenvalue weighted by atomic mass is 16.5. The number of ether oxygens (including phenoxy) is 2. The van der Waals surface area contributed by atoms with E-state index in [1.807, 2.05) is 38.1 Å². The molecule has 0 aromatic heterocycles. The van der Waals surface area contributed by atoms with Crippen LogP contribution in [0.25, 0.3) is 0 Å². The van der Waals surface area contributed by atoms with Crippen molar-refractivity contribution in [3.63, 3.8) is 0 Å². The fourth-order valence-corrected chi connectivity index (χ4v) is 1.05. The first-order chi connectivity index (χ1) is 6.22. The maximum absolute atomic E-state index is 5.49. The van der Waals surface area contributed by atoms with Crippen molar-refractivity contribution in [3.05, 3.63) is 36.9 Å². The molecule has 1 aromatic rings. The Morgan fingerprint density at radius 3 is 2.31 bits per heavy atom. The fraction of sp³-hybridized carbons (Fsp3) is 0.364. The Morgan fingerprint density at radius 1 is 1.23 bits per heavy atom. The van der Waals surface area contributed by atoms with E-state index in [2.05, 4.69) is 7.11 Å². The first kappa shape index (κ1) is 10.1. The van der Waals surface area contributed by atoms with E-state index >= 15 is 0 Å². The molecule has 0 atom stereocenters. The minimum atomic E-state index is 0.218. The molecule has 0 aliphatic heterocycles. The molecule has 0 N–H and O–H groups in total. The maximum Gasteiger partial charge on any atom is 0.119 e. The van der Waals surface area contributed by atoms with Crippen molar-refractivity contribution in [2.24, 2.45) is 0 Å². The summed E-state index contributed by atoms with van der Waals surface area (Å²) in [5.41, 5.74) is 1.10. The predicted octanol–water partition coefficient (Wildman–Crippen LogP) is 2.78. The Morgan fingerprint density at radius 2 is 1.85 bits per heavy atom. The van der Waals surface area contributed by atoms with E-state index in [9.17, 15) is 0 Å². The van der Waals surface area contributed by atoms with Gasteiger partial charge in [0.05, 0.1) is 19.8 Å². The molecule has 2 nitrogen and oxygen atoms in total. The van der Waals surface area contributed by atoms with Crippen molar-refractivity contribution in [2.45, 2.75) is 26.6 Å². The number of hydrogen-bond acceptors (Lipinski definition) is 2. The summed E-state index contributed by atoms with van der Waals surface area (Å²) < 4.78 is 10.2. The van der Waals surface area contributed by atoms with Crippen LogP contribution >= 0.6 is 0 Å². The molecule has 0 aliphatic rings. The van der Waals surface area contributed by atoms with Crippen molar-refractivity contribution in [3.8, 4) is 5.75 Å². The van der Waals surface area contributed by atoms with E-state index in [0.29, 0.717) is 6.61 Å². The average Bonchev–Trinajstić information content (AvgIpc) is 2.08. The molecule has 1 radical (unpaired) electrons. The Labute approximate surface area is 79.5 Å². The second-order valence-corrected chi connectivity index (χ2v) is 3.16. The van der Waals surface area contributed by atoms with E-state index in [4.69, 9.17) is 9.47 Å². The van der Waals surface area contributed by atoms with E-state index in [0.717, 1.165) is 11.3 Å². The van der Waals surface area contributed by atoms with E-state index < -0.39 is 0 Å². The molecule has 0 saturated carbocycles. The van der Waals surface area contributed by atoms with Crippen LogP contribution in [0, 0.1) is 7.11 Å². The standard InChI is InChI=1S/C11H15O2/c1-9(2)13-11-6-4-10(5-7-11)8-12-3/h4-7,9H,3,8H2,1-2H3. The van der Waals surface area contributed by atoms with Gasteiger partial charge in [0.15, 0.2) is 0 Å². The Hall–Kier alpha value is -1.02. The van der Waals surface area contributed by atoms with Gasteiger partial charge in [-0.15, -0.1) is 0 Å². The Kier molecular flexibility index (Phi) is 3.77. The largest absolute Gasteiger partial charge is 0.491 e. The van der Waals surface area contributed by atoms with Crippen LogP contribution in [0.15, 0.2) is 24.3 Å². The highest BCUT2D eigenvalue weighted by Gasteiger charge is 1.97. The van der Waals surface area contributed by atoms with Gasteiger partial charge >= 0.3 is 0 Å². The molecule has 0 unspecified atom stereocenters. The number of hydrogen-bond donors (Lipinski definition) is 0. The average molecular weight is 179 g/mol. The van der Waals surface area contributed by atoms with Crippen molar-refractivity contribution in [1.29, 1.82) is 0 Å². The maximum atomic E-state index is 5.49. The third-order valence-electron chi connectivity index (χ3n) is 1.56. The lowest BCUT2D eigenvalue weighted by Gasteiger charge is -2.09. The molecule has 0 heterocycles. The van der Waals surface area contributed by atoms with E-state index in [1.165, 1.54) is 0 Å². The highest BCUT2D eigenvalue weighted by Crippen LogP contribution is 2.14. The van der Waals surface area contributed by atoms with E-state index in [-0.39, 0.29) is 6.10 Å². The van der Waals surface area contributed by atoms with Crippen LogP contribution in [0.2, 0.25) is 0 Å². The fourth-order valence-electron chi connectivity index (χ4n) is 1.05. The van der Waals surface area contributed by atoms with Crippen molar-refractivity contribution >= 4 is 0 Å². The molecule has 0 amide bonds. The van der Waals surface area contributed by atoms with Crippen LogP contribution in [0.3, 0.4) is 0 Å². The summed E-state index contributed by atoms with van der Waals surface area (Å²) in [5, 5.41) is 0. The molecule has 0 fully saturated rings. The first-order valence-electron chi connectivity index (χ1n) is 4.35. The predicted molar refractivity (Wildman–Crippen MR) is 52.4 cm³/mol. The van der Waals surface area contributed by atoms with Crippen LogP contribution in [0.5, 0.6) is 5.75 Å². The summed E-state index contributed by atoms with van der Waals surface area (Å²) in [7, 11) is 3.32. The van der Waals surface area contributed by atoms with Gasteiger partial charge in [-0.05, 0) is 31.5 Å². The molecule has 2 heteroatoms. The molecule has 13 heavy (non-hydrogen) atoms. The molecule has 0 saturated heterocycles. The Balaban J connectivity index is 2.59. The van der Waals surface area contributed by atoms with Gasteiger partial charge in [-0.2, -0.15) is 0 Å². The molecular weight excluding hydrogens is 164 g/mol. The second kappa shape index (κ2) is 4.87. The highest BCUT2D eigenvalue weighted by molar-refractivity contribution is 5.26. The third-order valence-corrected chi connectivity index (χ3v) is 1.56. The monoisotopic (exact) mass is 179 g/mol. The summed E-state index contributed by atoms with van der Waals surface area (Å²) in [6.45, 7) is 4.56. The SMILES string of the molecule is [CH2]OCc1ccc(OC(C)C)cc1. The summed E-state index contributed by atoms with van der Waals surface area (Å²) in [6, 6.07) is 7.83. The quantitative estimate of drug-likeness (QED) is 0.707. The van der Waals surface area contributed by atoms with Crippen LogP contribution in [-0.2, 0) is 11.3 Å². The van der Waals surface area contributed by atoms with Crippen molar-refractivity contribution < 1.29 is 9.47 Å². The molecule has 0 aliphatic carbocycles. The summed E-state index contributed by atoms with van der Waals surface area (Å²) in [6.07, 6.45) is 0.218. The second-order valence-electron chi connectivity index (χ2n) is 3.16. The normalized spacial score (nSPS) is 10.5. The van der Waals surface area contributed by atoms with Crippen molar-refractivity contribution in [1.82, 2.24) is 0 Å². The van der Waals surface area contributed by atoms with Crippen molar-refractivity contribution in [2.75, 3.05) is 0 Å². The van der Waals surface area contributed by atoms with Gasteiger partial charge in [0.1, 0.15) is 5.75 Å². The van der Waals surface area contributed by atoms with Gasteiger partial charge in [0.25, 0.3) is 0 Å². The first-order valence-corrected chi connectivity index (χ1v) is 4.35. The topological polar surface area (TPSA) is 18.5 Å². The van der Waals surface area contributed by atoms with Crippen LogP contribution in [-0.4, -0.2) is 6.10 Å². The van der Waals surface area contributed by atoms with E-state index in [1.54, 1.807) is 0 Å².